The van der Waals surface area contributed by atoms with Crippen LogP contribution < -0.4 is 5.32 Å². The van der Waals surface area contributed by atoms with E-state index in [1.807, 2.05) is 0 Å². The van der Waals surface area contributed by atoms with Crippen LogP contribution in [0.5, 0.6) is 0 Å². The molecule has 1 rings (SSSR count). The minimum absolute atomic E-state index is 0.234. The zero-order valence-electron chi connectivity index (χ0n) is 6.02. The highest BCUT2D eigenvalue weighted by Gasteiger charge is 2.25. The molecule has 0 aliphatic carbocycles. The van der Waals surface area contributed by atoms with Gasteiger partial charge in [0.1, 0.15) is 6.04 Å². The normalized spacial score (nSPS) is 24.9. The van der Waals surface area contributed by atoms with E-state index in [2.05, 4.69) is 16.6 Å². The number of hydrogen-bond donors (Lipinski definition) is 1. The number of methoxy groups -OCH3 is 1. The van der Waals surface area contributed by atoms with Crippen LogP contribution in [0, 0.1) is 0 Å². The van der Waals surface area contributed by atoms with Gasteiger partial charge in [-0.2, -0.15) is 0 Å². The van der Waals surface area contributed by atoms with Crippen LogP contribution in [0.4, 0.5) is 0 Å². The number of carbonyl (C=O) groups excluding carboxylic acids is 1. The van der Waals surface area contributed by atoms with Gasteiger partial charge in [0, 0.05) is 6.54 Å². The van der Waals surface area contributed by atoms with Crippen molar-refractivity contribution in [3.63, 3.8) is 0 Å². The summed E-state index contributed by atoms with van der Waals surface area (Å²) >= 11 is 0. The Morgan fingerprint density at radius 1 is 1.90 bits per heavy atom. The fraction of sp³-hybridized carbons (Fsp3) is 0.571. The number of rotatable bonds is 1. The molecule has 3 heteroatoms. The van der Waals surface area contributed by atoms with Crippen LogP contribution in [0.1, 0.15) is 6.42 Å². The number of hydrogen-bond acceptors (Lipinski definition) is 3. The number of carbonyl (C=O) groups is 1. The zero-order chi connectivity index (χ0) is 7.56. The molecule has 56 valence electrons. The van der Waals surface area contributed by atoms with E-state index in [1.165, 1.54) is 7.11 Å². The molecule has 1 unspecified atom stereocenters. The summed E-state index contributed by atoms with van der Waals surface area (Å²) in [4.78, 5) is 10.9. The highest BCUT2D eigenvalue weighted by atomic mass is 16.5. The molecule has 1 fully saturated rings. The average Bonchev–Trinajstić information content (AvgIpc) is 2.34. The molecule has 0 aromatic heterocycles. The van der Waals surface area contributed by atoms with Gasteiger partial charge in [0.2, 0.25) is 0 Å². The summed E-state index contributed by atoms with van der Waals surface area (Å²) in [6.07, 6.45) is 0.875. The first-order valence-corrected chi connectivity index (χ1v) is 3.24. The van der Waals surface area contributed by atoms with Gasteiger partial charge >= 0.3 is 5.97 Å². The fourth-order valence-corrected chi connectivity index (χ4v) is 1.03. The van der Waals surface area contributed by atoms with Crippen molar-refractivity contribution in [1.82, 2.24) is 5.32 Å². The van der Waals surface area contributed by atoms with Crippen molar-refractivity contribution in [3.8, 4) is 0 Å². The highest BCUT2D eigenvalue weighted by molar-refractivity contribution is 5.79. The Morgan fingerprint density at radius 3 is 3.00 bits per heavy atom. The van der Waals surface area contributed by atoms with Crippen molar-refractivity contribution in [2.75, 3.05) is 13.7 Å². The predicted molar refractivity (Wildman–Crippen MR) is 37.6 cm³/mol. The average molecular weight is 141 g/mol. The molecule has 1 heterocycles. The maximum absolute atomic E-state index is 10.9. The Bertz CT molecular complexity index is 165. The van der Waals surface area contributed by atoms with Gasteiger partial charge in [-0.1, -0.05) is 6.58 Å². The van der Waals surface area contributed by atoms with Gasteiger partial charge in [0.25, 0.3) is 0 Å². The van der Waals surface area contributed by atoms with Gasteiger partial charge < -0.3 is 10.1 Å². The summed E-state index contributed by atoms with van der Waals surface area (Å²) in [7, 11) is 1.38. The van der Waals surface area contributed by atoms with E-state index < -0.39 is 0 Å². The van der Waals surface area contributed by atoms with Gasteiger partial charge in [-0.15, -0.1) is 0 Å². The largest absolute Gasteiger partial charge is 0.468 e. The lowest BCUT2D eigenvalue weighted by atomic mass is 10.1. The van der Waals surface area contributed by atoms with Crippen molar-refractivity contribution in [3.05, 3.63) is 12.2 Å². The van der Waals surface area contributed by atoms with E-state index in [0.29, 0.717) is 0 Å². The summed E-state index contributed by atoms with van der Waals surface area (Å²) in [5.41, 5.74) is 0.923. The molecule has 1 N–H and O–H groups in total. The zero-order valence-corrected chi connectivity index (χ0v) is 6.02. The summed E-state index contributed by atoms with van der Waals surface area (Å²) in [5, 5.41) is 2.98. The Labute approximate surface area is 60.1 Å². The molecule has 0 aromatic rings. The van der Waals surface area contributed by atoms with Gasteiger partial charge in [0.15, 0.2) is 0 Å². The molecule has 3 nitrogen and oxygen atoms in total. The SMILES string of the molecule is C=C1CCNC1C(=O)OC. The van der Waals surface area contributed by atoms with Crippen LogP contribution in [-0.2, 0) is 9.53 Å². The third kappa shape index (κ3) is 1.19. The minimum Gasteiger partial charge on any atom is -0.468 e. The summed E-state index contributed by atoms with van der Waals surface area (Å²) in [6, 6.07) is -0.259. The third-order valence-corrected chi connectivity index (χ3v) is 1.64. The molecular formula is C7H11NO2. The van der Waals surface area contributed by atoms with Gasteiger partial charge in [-0.3, -0.25) is 4.79 Å². The van der Waals surface area contributed by atoms with Crippen LogP contribution in [-0.4, -0.2) is 25.7 Å². The standard InChI is InChI=1S/C7H11NO2/c1-5-3-4-8-6(5)7(9)10-2/h6,8H,1,3-4H2,2H3. The molecule has 10 heavy (non-hydrogen) atoms. The molecule has 1 aliphatic rings. The van der Waals surface area contributed by atoms with Gasteiger partial charge in [-0.05, 0) is 12.0 Å². The second-order valence-corrected chi connectivity index (χ2v) is 2.32. The maximum atomic E-state index is 10.9. The Morgan fingerprint density at radius 2 is 2.60 bits per heavy atom. The van der Waals surface area contributed by atoms with Crippen LogP contribution in [0.15, 0.2) is 12.2 Å². The highest BCUT2D eigenvalue weighted by Crippen LogP contribution is 2.12. The van der Waals surface area contributed by atoms with E-state index in [1.54, 1.807) is 0 Å². The Balaban J connectivity index is 2.55. The second kappa shape index (κ2) is 2.84. The van der Waals surface area contributed by atoms with Crippen LogP contribution >= 0.6 is 0 Å². The Hall–Kier alpha value is -0.830. The molecule has 0 spiro atoms. The molecule has 0 bridgehead atoms. The molecule has 0 aromatic carbocycles. The Kier molecular flexibility index (Phi) is 2.06. The number of esters is 1. The van der Waals surface area contributed by atoms with E-state index in [4.69, 9.17) is 0 Å². The molecular weight excluding hydrogens is 130 g/mol. The first-order chi connectivity index (χ1) is 4.75. The van der Waals surface area contributed by atoms with E-state index in [-0.39, 0.29) is 12.0 Å². The van der Waals surface area contributed by atoms with E-state index in [9.17, 15) is 4.79 Å². The molecule has 0 amide bonds. The van der Waals surface area contributed by atoms with Crippen molar-refractivity contribution in [1.29, 1.82) is 0 Å². The first-order valence-electron chi connectivity index (χ1n) is 3.24. The molecule has 0 radical (unpaired) electrons. The van der Waals surface area contributed by atoms with E-state index in [0.717, 1.165) is 18.5 Å². The minimum atomic E-state index is -0.259. The lowest BCUT2D eigenvalue weighted by molar-refractivity contribution is -0.141. The van der Waals surface area contributed by atoms with Gasteiger partial charge in [-0.25, -0.2) is 0 Å². The third-order valence-electron chi connectivity index (χ3n) is 1.64. The quantitative estimate of drug-likeness (QED) is 0.415. The maximum Gasteiger partial charge on any atom is 0.327 e. The van der Waals surface area contributed by atoms with Crippen LogP contribution in [0.25, 0.3) is 0 Å². The van der Waals surface area contributed by atoms with Crippen LogP contribution in [0.2, 0.25) is 0 Å². The van der Waals surface area contributed by atoms with Crippen molar-refractivity contribution in [2.45, 2.75) is 12.5 Å². The topological polar surface area (TPSA) is 38.3 Å². The molecule has 1 aliphatic heterocycles. The lowest BCUT2D eigenvalue weighted by Gasteiger charge is -2.07. The van der Waals surface area contributed by atoms with Gasteiger partial charge in [0.05, 0.1) is 7.11 Å². The smallest absolute Gasteiger partial charge is 0.327 e. The monoisotopic (exact) mass is 141 g/mol. The van der Waals surface area contributed by atoms with Crippen molar-refractivity contribution < 1.29 is 9.53 Å². The summed E-state index contributed by atoms with van der Waals surface area (Å²) < 4.78 is 4.54. The van der Waals surface area contributed by atoms with Crippen LogP contribution in [0.3, 0.4) is 0 Å². The molecule has 1 atom stereocenters. The van der Waals surface area contributed by atoms with E-state index >= 15 is 0 Å². The van der Waals surface area contributed by atoms with Crippen molar-refractivity contribution >= 4 is 5.97 Å². The predicted octanol–water partition coefficient (Wildman–Crippen LogP) is 0.0775. The summed E-state index contributed by atoms with van der Waals surface area (Å²) in [5.74, 6) is -0.234. The fourth-order valence-electron chi connectivity index (χ4n) is 1.03. The molecule has 0 saturated carbocycles. The second-order valence-electron chi connectivity index (χ2n) is 2.32. The first kappa shape index (κ1) is 7.28. The lowest BCUT2D eigenvalue weighted by Crippen LogP contribution is -2.32. The summed E-state index contributed by atoms with van der Waals surface area (Å²) in [6.45, 7) is 4.57. The van der Waals surface area contributed by atoms with Crippen molar-refractivity contribution in [2.24, 2.45) is 0 Å². The number of nitrogens with one attached hydrogen (secondary N) is 1. The number of ether oxygens (including phenoxy) is 1. The molecule has 1 saturated heterocycles.